The molecule has 2 fully saturated rings. The Labute approximate surface area is 185 Å². The minimum Gasteiger partial charge on any atom is -0.396 e. The van der Waals surface area contributed by atoms with Crippen LogP contribution in [-0.2, 0) is 0 Å². The van der Waals surface area contributed by atoms with Crippen molar-refractivity contribution in [2.75, 3.05) is 6.61 Å². The Morgan fingerprint density at radius 2 is 1.73 bits per heavy atom. The number of rotatable bonds is 6. The molecular formula is C28H48O2. The third-order valence-electron chi connectivity index (χ3n) is 10.7. The van der Waals surface area contributed by atoms with Crippen LogP contribution in [0.2, 0.25) is 0 Å². The normalized spacial score (nSPS) is 44.6. The predicted octanol–water partition coefficient (Wildman–Crippen LogP) is 6.75. The van der Waals surface area contributed by atoms with Gasteiger partial charge in [-0.05, 0) is 91.8 Å². The molecule has 2 saturated carbocycles. The van der Waals surface area contributed by atoms with Crippen LogP contribution >= 0.6 is 0 Å². The minimum atomic E-state index is -0.299. The van der Waals surface area contributed by atoms with Crippen LogP contribution in [0, 0.1) is 46.3 Å². The van der Waals surface area contributed by atoms with Crippen molar-refractivity contribution in [3.8, 4) is 0 Å². The molecule has 0 bridgehead atoms. The van der Waals surface area contributed by atoms with E-state index >= 15 is 0 Å². The van der Waals surface area contributed by atoms with E-state index in [-0.39, 0.29) is 24.0 Å². The summed E-state index contributed by atoms with van der Waals surface area (Å²) < 4.78 is 0. The van der Waals surface area contributed by atoms with E-state index < -0.39 is 0 Å². The summed E-state index contributed by atoms with van der Waals surface area (Å²) in [5.41, 5.74) is 4.35. The fraction of sp³-hybridized carbons (Fsp3) is 0.929. The molecule has 0 spiro atoms. The van der Waals surface area contributed by atoms with Crippen LogP contribution in [0.1, 0.15) is 105 Å². The highest BCUT2D eigenvalue weighted by molar-refractivity contribution is 5.34. The SMILES string of the molecule is CC(C)CCCC(C)C1CCC2C3=C(CC[C@@]21C)[C@@]1(C)CC[C@H](O)[C@@H](CO)C1CC3. The number of aliphatic hydroxyl groups excluding tert-OH is 2. The van der Waals surface area contributed by atoms with E-state index in [9.17, 15) is 10.2 Å². The Kier molecular flexibility index (Phi) is 6.50. The van der Waals surface area contributed by atoms with Crippen molar-refractivity contribution in [1.29, 1.82) is 0 Å². The van der Waals surface area contributed by atoms with Crippen LogP contribution in [0.25, 0.3) is 0 Å². The summed E-state index contributed by atoms with van der Waals surface area (Å²) in [6.45, 7) is 12.6. The van der Waals surface area contributed by atoms with Gasteiger partial charge < -0.3 is 10.2 Å². The molecule has 4 unspecified atom stereocenters. The van der Waals surface area contributed by atoms with Gasteiger partial charge in [-0.25, -0.2) is 0 Å². The van der Waals surface area contributed by atoms with Crippen molar-refractivity contribution >= 4 is 0 Å². The number of allylic oxidation sites excluding steroid dienone is 2. The topological polar surface area (TPSA) is 40.5 Å². The lowest BCUT2D eigenvalue weighted by molar-refractivity contribution is -0.0619. The van der Waals surface area contributed by atoms with Gasteiger partial charge in [0.1, 0.15) is 0 Å². The van der Waals surface area contributed by atoms with Crippen LogP contribution in [0.5, 0.6) is 0 Å². The summed E-state index contributed by atoms with van der Waals surface area (Å²) in [5.74, 6) is 3.95. The monoisotopic (exact) mass is 416 g/mol. The van der Waals surface area contributed by atoms with Gasteiger partial charge in [-0.2, -0.15) is 0 Å². The molecule has 2 heteroatoms. The van der Waals surface area contributed by atoms with Crippen LogP contribution < -0.4 is 0 Å². The van der Waals surface area contributed by atoms with E-state index in [1.54, 1.807) is 5.57 Å². The van der Waals surface area contributed by atoms with Crippen molar-refractivity contribution in [1.82, 2.24) is 0 Å². The second kappa shape index (κ2) is 8.54. The van der Waals surface area contributed by atoms with Crippen LogP contribution in [0.4, 0.5) is 0 Å². The molecule has 4 aliphatic carbocycles. The molecule has 0 aliphatic heterocycles. The maximum atomic E-state index is 10.5. The van der Waals surface area contributed by atoms with E-state index in [0.717, 1.165) is 36.5 Å². The largest absolute Gasteiger partial charge is 0.396 e. The molecule has 0 aromatic rings. The Morgan fingerprint density at radius 3 is 2.43 bits per heavy atom. The Hall–Kier alpha value is -0.340. The maximum Gasteiger partial charge on any atom is 0.0593 e. The van der Waals surface area contributed by atoms with Gasteiger partial charge in [0.2, 0.25) is 0 Å². The molecule has 4 rings (SSSR count). The number of hydrogen-bond acceptors (Lipinski definition) is 2. The van der Waals surface area contributed by atoms with Crippen molar-refractivity contribution < 1.29 is 10.2 Å². The average molecular weight is 417 g/mol. The average Bonchev–Trinajstić information content (AvgIpc) is 3.05. The van der Waals surface area contributed by atoms with Crippen molar-refractivity contribution in [3.05, 3.63) is 11.1 Å². The number of aliphatic hydroxyl groups is 2. The Morgan fingerprint density at radius 1 is 0.967 bits per heavy atom. The van der Waals surface area contributed by atoms with E-state index in [0.29, 0.717) is 11.3 Å². The van der Waals surface area contributed by atoms with Gasteiger partial charge in [0.05, 0.1) is 6.10 Å². The standard InChI is InChI=1S/C28H48O2/c1-18(2)7-6-8-19(3)22-11-12-23-20-9-10-24-21(17-29)26(30)14-16-28(24,5)25(20)13-15-27(22,23)4/h18-19,21-24,26,29-30H,6-17H2,1-5H3/t19?,21-,22?,23?,24?,26-,27+,28-/m0/s1. The molecule has 0 heterocycles. The summed E-state index contributed by atoms with van der Waals surface area (Å²) in [5, 5.41) is 20.6. The van der Waals surface area contributed by atoms with Gasteiger partial charge in [-0.15, -0.1) is 0 Å². The van der Waals surface area contributed by atoms with Gasteiger partial charge in [-0.3, -0.25) is 0 Å². The van der Waals surface area contributed by atoms with Gasteiger partial charge in [0.15, 0.2) is 0 Å². The molecule has 8 atom stereocenters. The lowest BCUT2D eigenvalue weighted by Gasteiger charge is -2.57. The first kappa shape index (κ1) is 22.8. The third-order valence-corrected chi connectivity index (χ3v) is 10.7. The number of hydrogen-bond donors (Lipinski definition) is 2. The zero-order valence-corrected chi connectivity index (χ0v) is 20.4. The van der Waals surface area contributed by atoms with Gasteiger partial charge in [-0.1, -0.05) is 65.0 Å². The Balaban J connectivity index is 1.55. The molecule has 2 N–H and O–H groups in total. The summed E-state index contributed by atoms with van der Waals surface area (Å²) in [6, 6.07) is 0. The van der Waals surface area contributed by atoms with Gasteiger partial charge >= 0.3 is 0 Å². The Bertz CT molecular complexity index is 651. The predicted molar refractivity (Wildman–Crippen MR) is 125 cm³/mol. The molecule has 0 aromatic carbocycles. The second-order valence-corrected chi connectivity index (χ2v) is 12.6. The highest BCUT2D eigenvalue weighted by Gasteiger charge is 2.57. The van der Waals surface area contributed by atoms with E-state index in [4.69, 9.17) is 0 Å². The maximum absolute atomic E-state index is 10.5. The summed E-state index contributed by atoms with van der Waals surface area (Å²) in [4.78, 5) is 0. The zero-order chi connectivity index (χ0) is 21.7. The summed E-state index contributed by atoms with van der Waals surface area (Å²) in [6.07, 6.45) is 13.8. The smallest absolute Gasteiger partial charge is 0.0593 e. The van der Waals surface area contributed by atoms with Gasteiger partial charge in [0.25, 0.3) is 0 Å². The first-order valence-electron chi connectivity index (χ1n) is 13.2. The molecule has 0 saturated heterocycles. The zero-order valence-electron chi connectivity index (χ0n) is 20.4. The van der Waals surface area contributed by atoms with Gasteiger partial charge in [0, 0.05) is 12.5 Å². The van der Waals surface area contributed by atoms with Crippen LogP contribution in [-0.4, -0.2) is 22.9 Å². The summed E-state index contributed by atoms with van der Waals surface area (Å²) >= 11 is 0. The molecular weight excluding hydrogens is 368 g/mol. The molecule has 4 aliphatic rings. The quantitative estimate of drug-likeness (QED) is 0.470. The highest BCUT2D eigenvalue weighted by Crippen LogP contribution is 2.66. The summed E-state index contributed by atoms with van der Waals surface area (Å²) in [7, 11) is 0. The molecule has 2 nitrogen and oxygen atoms in total. The molecule has 0 aromatic heterocycles. The van der Waals surface area contributed by atoms with E-state index in [1.807, 2.05) is 5.57 Å². The molecule has 0 radical (unpaired) electrons. The van der Waals surface area contributed by atoms with Crippen LogP contribution in [0.3, 0.4) is 0 Å². The van der Waals surface area contributed by atoms with E-state index in [2.05, 4.69) is 34.6 Å². The van der Waals surface area contributed by atoms with E-state index in [1.165, 1.54) is 57.8 Å². The number of fused-ring (bicyclic) bond motifs is 4. The fourth-order valence-electron chi connectivity index (χ4n) is 8.98. The van der Waals surface area contributed by atoms with Crippen molar-refractivity contribution in [3.63, 3.8) is 0 Å². The lowest BCUT2D eigenvalue weighted by atomic mass is 9.48. The lowest BCUT2D eigenvalue weighted by Crippen LogP contribution is -2.50. The highest BCUT2D eigenvalue weighted by atomic mass is 16.3. The second-order valence-electron chi connectivity index (χ2n) is 12.6. The van der Waals surface area contributed by atoms with Crippen molar-refractivity contribution in [2.45, 2.75) is 111 Å². The molecule has 172 valence electrons. The molecule has 30 heavy (non-hydrogen) atoms. The van der Waals surface area contributed by atoms with Crippen LogP contribution in [0.15, 0.2) is 11.1 Å². The van der Waals surface area contributed by atoms with Crippen molar-refractivity contribution in [2.24, 2.45) is 46.3 Å². The minimum absolute atomic E-state index is 0.0865. The fourth-order valence-corrected chi connectivity index (χ4v) is 8.98. The molecule has 0 amide bonds. The first-order valence-corrected chi connectivity index (χ1v) is 13.2. The third kappa shape index (κ3) is 3.62. The first-order chi connectivity index (χ1) is 14.2.